The van der Waals surface area contributed by atoms with E-state index in [1.165, 1.54) is 0 Å². The maximum Gasteiger partial charge on any atom is 0.264 e. The number of hydrogen-bond donors (Lipinski definition) is 0. The molecule has 1 aromatic carbocycles. The van der Waals surface area contributed by atoms with E-state index in [9.17, 15) is 8.42 Å². The van der Waals surface area contributed by atoms with Crippen molar-refractivity contribution < 1.29 is 17.0 Å². The van der Waals surface area contributed by atoms with Gasteiger partial charge >= 0.3 is 0 Å². The van der Waals surface area contributed by atoms with Gasteiger partial charge in [-0.2, -0.15) is 8.42 Å². The van der Waals surface area contributed by atoms with Crippen molar-refractivity contribution in [2.75, 3.05) is 12.9 Å². The van der Waals surface area contributed by atoms with Gasteiger partial charge in [0, 0.05) is 5.92 Å². The standard InChI is InChI=1S/C17H28Cl2O4SSi/c1-12(13-8-9-14(18)15(19)10-13)16(23-24(5,20)21)11-22-25(6,7)17(2,3)4/h8-10,12,16H,11H2,1-7H3/t12-,16+/m1/s1. The molecular formula is C17H28Cl2O4SSi. The van der Waals surface area contributed by atoms with Crippen molar-refractivity contribution in [3.05, 3.63) is 33.8 Å². The monoisotopic (exact) mass is 426 g/mol. The summed E-state index contributed by atoms with van der Waals surface area (Å²) >= 11 is 12.1. The molecule has 0 spiro atoms. The van der Waals surface area contributed by atoms with Gasteiger partial charge in [0.15, 0.2) is 8.32 Å². The highest BCUT2D eigenvalue weighted by Gasteiger charge is 2.38. The summed E-state index contributed by atoms with van der Waals surface area (Å²) in [5.74, 6) is -0.228. The van der Waals surface area contributed by atoms with Crippen molar-refractivity contribution in [2.45, 2.75) is 57.8 Å². The zero-order valence-corrected chi connectivity index (χ0v) is 19.2. The predicted molar refractivity (Wildman–Crippen MR) is 108 cm³/mol. The number of benzene rings is 1. The summed E-state index contributed by atoms with van der Waals surface area (Å²) in [5, 5.41) is 0.903. The van der Waals surface area contributed by atoms with Gasteiger partial charge in [-0.1, -0.05) is 57.0 Å². The normalized spacial score (nSPS) is 15.9. The van der Waals surface area contributed by atoms with Gasteiger partial charge in [0.1, 0.15) is 6.10 Å². The van der Waals surface area contributed by atoms with Crippen LogP contribution >= 0.6 is 23.2 Å². The zero-order chi connectivity index (χ0) is 19.6. The second-order valence-corrected chi connectivity index (χ2v) is 15.1. The summed E-state index contributed by atoms with van der Waals surface area (Å²) in [5.41, 5.74) is 0.849. The molecule has 0 amide bonds. The SMILES string of the molecule is C[C@H](c1ccc(Cl)c(Cl)c1)[C@H](CO[Si](C)(C)C(C)(C)C)OS(C)(=O)=O. The minimum Gasteiger partial charge on any atom is -0.414 e. The Labute approximate surface area is 163 Å². The van der Waals surface area contributed by atoms with Gasteiger partial charge in [-0.3, -0.25) is 4.18 Å². The Morgan fingerprint density at radius 2 is 1.72 bits per heavy atom. The Morgan fingerprint density at radius 1 is 1.16 bits per heavy atom. The van der Waals surface area contributed by atoms with Gasteiger partial charge in [-0.15, -0.1) is 0 Å². The lowest BCUT2D eigenvalue weighted by Gasteiger charge is -2.37. The Bertz CT molecular complexity index is 699. The predicted octanol–water partition coefficient (Wildman–Crippen LogP) is 5.46. The third-order valence-corrected chi connectivity index (χ3v) is 10.6. The average molecular weight is 427 g/mol. The van der Waals surface area contributed by atoms with Gasteiger partial charge in [-0.05, 0) is 35.8 Å². The van der Waals surface area contributed by atoms with Crippen LogP contribution in [0.2, 0.25) is 28.2 Å². The number of hydrogen-bond acceptors (Lipinski definition) is 4. The topological polar surface area (TPSA) is 52.6 Å². The molecule has 0 saturated carbocycles. The van der Waals surface area contributed by atoms with Crippen molar-refractivity contribution >= 4 is 41.6 Å². The van der Waals surface area contributed by atoms with E-state index in [-0.39, 0.29) is 17.6 Å². The molecular weight excluding hydrogens is 399 g/mol. The fourth-order valence-electron chi connectivity index (χ4n) is 2.00. The molecule has 0 unspecified atom stereocenters. The van der Waals surface area contributed by atoms with E-state index < -0.39 is 24.5 Å². The molecule has 0 heterocycles. The van der Waals surface area contributed by atoms with Crippen molar-refractivity contribution in [2.24, 2.45) is 0 Å². The van der Waals surface area contributed by atoms with Crippen molar-refractivity contribution in [1.82, 2.24) is 0 Å². The molecule has 0 aliphatic carbocycles. The highest BCUT2D eigenvalue weighted by molar-refractivity contribution is 7.86. The van der Waals surface area contributed by atoms with Gasteiger partial charge in [0.25, 0.3) is 10.1 Å². The van der Waals surface area contributed by atoms with E-state index in [0.29, 0.717) is 10.0 Å². The Balaban J connectivity index is 3.05. The molecule has 0 saturated heterocycles. The lowest BCUT2D eigenvalue weighted by atomic mass is 9.96. The Kier molecular flexibility index (Phi) is 7.59. The average Bonchev–Trinajstić information content (AvgIpc) is 2.43. The van der Waals surface area contributed by atoms with Crippen LogP contribution in [0, 0.1) is 0 Å². The van der Waals surface area contributed by atoms with Crippen LogP contribution < -0.4 is 0 Å². The molecule has 1 aromatic rings. The van der Waals surface area contributed by atoms with E-state index >= 15 is 0 Å². The molecule has 2 atom stereocenters. The number of rotatable bonds is 7. The molecule has 8 heteroatoms. The summed E-state index contributed by atoms with van der Waals surface area (Å²) in [7, 11) is -5.65. The summed E-state index contributed by atoms with van der Waals surface area (Å²) in [6, 6.07) is 5.26. The lowest BCUT2D eigenvalue weighted by molar-refractivity contribution is 0.109. The fraction of sp³-hybridized carbons (Fsp3) is 0.647. The van der Waals surface area contributed by atoms with Crippen LogP contribution in [0.5, 0.6) is 0 Å². The van der Waals surface area contributed by atoms with Gasteiger partial charge in [0.05, 0.1) is 22.9 Å². The van der Waals surface area contributed by atoms with Crippen LogP contribution in [-0.2, 0) is 18.7 Å². The van der Waals surface area contributed by atoms with Crippen LogP contribution in [0.4, 0.5) is 0 Å². The van der Waals surface area contributed by atoms with Crippen LogP contribution in [0.25, 0.3) is 0 Å². The molecule has 144 valence electrons. The van der Waals surface area contributed by atoms with Crippen molar-refractivity contribution in [1.29, 1.82) is 0 Å². The third kappa shape index (κ3) is 6.84. The highest BCUT2D eigenvalue weighted by atomic mass is 35.5. The largest absolute Gasteiger partial charge is 0.414 e. The Morgan fingerprint density at radius 3 is 2.16 bits per heavy atom. The van der Waals surface area contributed by atoms with Gasteiger partial charge in [-0.25, -0.2) is 0 Å². The molecule has 0 radical (unpaired) electrons. The second-order valence-electron chi connectivity index (χ2n) is 7.87. The molecule has 1 rings (SSSR count). The number of halogens is 2. The first-order valence-corrected chi connectivity index (χ1v) is 13.6. The second kappa shape index (κ2) is 8.27. The Hall–Kier alpha value is -0.113. The minimum atomic E-state index is -3.62. The summed E-state index contributed by atoms with van der Waals surface area (Å²) in [4.78, 5) is 0. The molecule has 0 fully saturated rings. The first-order valence-electron chi connectivity index (χ1n) is 8.11. The maximum absolute atomic E-state index is 11.7. The van der Waals surface area contributed by atoms with Gasteiger partial charge < -0.3 is 4.43 Å². The van der Waals surface area contributed by atoms with Crippen molar-refractivity contribution in [3.8, 4) is 0 Å². The molecule has 0 aliphatic heterocycles. The third-order valence-electron chi connectivity index (χ3n) is 4.74. The van der Waals surface area contributed by atoms with Crippen LogP contribution in [0.1, 0.15) is 39.2 Å². The molecule has 0 bridgehead atoms. The van der Waals surface area contributed by atoms with Crippen LogP contribution in [-0.4, -0.2) is 35.7 Å². The lowest BCUT2D eigenvalue weighted by Crippen LogP contribution is -2.44. The maximum atomic E-state index is 11.7. The van der Waals surface area contributed by atoms with E-state index in [1.807, 2.05) is 13.0 Å². The molecule has 25 heavy (non-hydrogen) atoms. The van der Waals surface area contributed by atoms with Gasteiger partial charge in [0.2, 0.25) is 0 Å². The molecule has 0 aromatic heterocycles. The smallest absolute Gasteiger partial charge is 0.264 e. The minimum absolute atomic E-state index is 0.0233. The summed E-state index contributed by atoms with van der Waals surface area (Å²) < 4.78 is 34.9. The molecule has 4 nitrogen and oxygen atoms in total. The van der Waals surface area contributed by atoms with Crippen molar-refractivity contribution in [3.63, 3.8) is 0 Å². The summed E-state index contributed by atoms with van der Waals surface area (Å²) in [6.07, 6.45) is 0.412. The highest BCUT2D eigenvalue weighted by Crippen LogP contribution is 2.37. The fourth-order valence-corrected chi connectivity index (χ4v) is 3.99. The molecule has 0 N–H and O–H groups in total. The first kappa shape index (κ1) is 22.9. The van der Waals surface area contributed by atoms with Crippen LogP contribution in [0.3, 0.4) is 0 Å². The van der Waals surface area contributed by atoms with E-state index in [0.717, 1.165) is 11.8 Å². The summed E-state index contributed by atoms with van der Waals surface area (Å²) in [6.45, 7) is 12.7. The van der Waals surface area contributed by atoms with E-state index in [1.54, 1.807) is 12.1 Å². The van der Waals surface area contributed by atoms with E-state index in [4.69, 9.17) is 31.8 Å². The zero-order valence-electron chi connectivity index (χ0n) is 15.9. The first-order chi connectivity index (χ1) is 11.1. The van der Waals surface area contributed by atoms with Crippen LogP contribution in [0.15, 0.2) is 18.2 Å². The quantitative estimate of drug-likeness (QED) is 0.428. The van der Waals surface area contributed by atoms with E-state index in [2.05, 4.69) is 33.9 Å². The molecule has 0 aliphatic rings.